The third-order valence-electron chi connectivity index (χ3n) is 2.07. The van der Waals surface area contributed by atoms with Gasteiger partial charge in [0.2, 0.25) is 0 Å². The average molecular weight is 300 g/mol. The Labute approximate surface area is 116 Å². The van der Waals surface area contributed by atoms with Crippen LogP contribution in [-0.4, -0.2) is 44.0 Å². The summed E-state index contributed by atoms with van der Waals surface area (Å²) in [6, 6.07) is 0. The Morgan fingerprint density at radius 2 is 0.750 bits per heavy atom. The number of hydrogen-bond donors (Lipinski definition) is 4. The van der Waals surface area contributed by atoms with Crippen LogP contribution in [0.1, 0.15) is 51.4 Å². The van der Waals surface area contributed by atoms with E-state index in [1.54, 1.807) is 0 Å². The SMILES string of the molecule is O=[N+]([O-])O.O=[N+]([O-])O.OCCCCCCCCCCO. The van der Waals surface area contributed by atoms with Crippen molar-refractivity contribution >= 4 is 0 Å². The van der Waals surface area contributed by atoms with Crippen LogP contribution in [-0.2, 0) is 0 Å². The standard InChI is InChI=1S/C10H22O2.2HNO3/c11-9-7-5-3-1-2-4-6-8-10-12;2*2-1(3)4/h11-12H,1-10H2;2*(H,2,3,4). The first-order valence-electron chi connectivity index (χ1n) is 6.26. The summed E-state index contributed by atoms with van der Waals surface area (Å²) in [5, 5.41) is 44.3. The molecule has 10 heteroatoms. The van der Waals surface area contributed by atoms with Gasteiger partial charge in [-0.05, 0) is 12.8 Å². The van der Waals surface area contributed by atoms with Crippen molar-refractivity contribution in [3.63, 3.8) is 0 Å². The molecule has 0 aromatic carbocycles. The monoisotopic (exact) mass is 300 g/mol. The summed E-state index contributed by atoms with van der Waals surface area (Å²) < 4.78 is 0. The maximum atomic E-state index is 8.51. The lowest BCUT2D eigenvalue weighted by molar-refractivity contribution is -0.742. The second-order valence-corrected chi connectivity index (χ2v) is 3.75. The highest BCUT2D eigenvalue weighted by Crippen LogP contribution is 2.07. The van der Waals surface area contributed by atoms with Gasteiger partial charge < -0.3 is 20.6 Å². The van der Waals surface area contributed by atoms with Crippen molar-refractivity contribution in [1.29, 1.82) is 0 Å². The van der Waals surface area contributed by atoms with Gasteiger partial charge in [-0.3, -0.25) is 0 Å². The van der Waals surface area contributed by atoms with Crippen LogP contribution in [0.3, 0.4) is 0 Å². The van der Waals surface area contributed by atoms with Gasteiger partial charge in [-0.1, -0.05) is 38.5 Å². The number of aliphatic hydroxyl groups is 2. The van der Waals surface area contributed by atoms with Crippen LogP contribution in [0.25, 0.3) is 0 Å². The second-order valence-electron chi connectivity index (χ2n) is 3.75. The maximum Gasteiger partial charge on any atom is 0.291 e. The summed E-state index contributed by atoms with van der Waals surface area (Å²) in [7, 11) is 0. The smallest absolute Gasteiger partial charge is 0.291 e. The molecule has 0 radical (unpaired) electrons. The molecule has 0 amide bonds. The lowest BCUT2D eigenvalue weighted by Crippen LogP contribution is -1.85. The molecule has 20 heavy (non-hydrogen) atoms. The predicted octanol–water partition coefficient (Wildman–Crippen LogP) is 1.40. The van der Waals surface area contributed by atoms with Gasteiger partial charge in [0.25, 0.3) is 10.2 Å². The van der Waals surface area contributed by atoms with Crippen LogP contribution in [0.5, 0.6) is 0 Å². The van der Waals surface area contributed by atoms with Crippen LogP contribution in [0.15, 0.2) is 0 Å². The van der Waals surface area contributed by atoms with Crippen LogP contribution < -0.4 is 0 Å². The molecule has 0 aliphatic carbocycles. The molecule has 0 saturated carbocycles. The summed E-state index contributed by atoms with van der Waals surface area (Å²) in [6.45, 7) is 0.676. The molecule has 0 aromatic heterocycles. The minimum absolute atomic E-state index is 0.338. The van der Waals surface area contributed by atoms with E-state index in [1.165, 1.54) is 25.7 Å². The molecule has 0 unspecified atom stereocenters. The Hall–Kier alpha value is -1.68. The molecule has 0 atom stereocenters. The third-order valence-corrected chi connectivity index (χ3v) is 2.07. The molecule has 4 N–H and O–H groups in total. The Bertz CT molecular complexity index is 185. The highest BCUT2D eigenvalue weighted by atomic mass is 16.9. The van der Waals surface area contributed by atoms with Gasteiger partial charge in [-0.2, -0.15) is 0 Å². The molecule has 0 aromatic rings. The first kappa shape index (κ1) is 23.4. The van der Waals surface area contributed by atoms with Gasteiger partial charge in [0.05, 0.1) is 0 Å². The predicted molar refractivity (Wildman–Crippen MR) is 68.7 cm³/mol. The molecule has 122 valence electrons. The molecule has 0 spiro atoms. The quantitative estimate of drug-likeness (QED) is 0.281. The van der Waals surface area contributed by atoms with Crippen LogP contribution in [0, 0.1) is 20.2 Å². The van der Waals surface area contributed by atoms with Gasteiger partial charge >= 0.3 is 0 Å². The molecule has 0 saturated heterocycles. The van der Waals surface area contributed by atoms with Crippen molar-refractivity contribution in [3.8, 4) is 0 Å². The van der Waals surface area contributed by atoms with E-state index in [4.69, 9.17) is 40.9 Å². The van der Waals surface area contributed by atoms with Gasteiger partial charge in [-0.15, -0.1) is 20.2 Å². The zero-order chi connectivity index (χ0) is 16.2. The van der Waals surface area contributed by atoms with E-state index in [-0.39, 0.29) is 0 Å². The molecule has 0 rings (SSSR count). The highest BCUT2D eigenvalue weighted by Gasteiger charge is 1.90. The Kier molecular flexibility index (Phi) is 26.3. The van der Waals surface area contributed by atoms with Crippen molar-refractivity contribution in [2.45, 2.75) is 51.4 Å². The largest absolute Gasteiger partial charge is 0.396 e. The third kappa shape index (κ3) is 71.5. The van der Waals surface area contributed by atoms with E-state index in [9.17, 15) is 0 Å². The van der Waals surface area contributed by atoms with Gasteiger partial charge in [0, 0.05) is 13.2 Å². The fraction of sp³-hybridized carbons (Fsp3) is 1.00. The zero-order valence-electron chi connectivity index (χ0n) is 11.4. The normalized spacial score (nSPS) is 8.70. The minimum atomic E-state index is -1.50. The molecule has 0 fully saturated rings. The molecular formula is C10H24N2O8. The maximum absolute atomic E-state index is 8.51. The van der Waals surface area contributed by atoms with Gasteiger partial charge in [0.1, 0.15) is 0 Å². The van der Waals surface area contributed by atoms with E-state index >= 15 is 0 Å². The van der Waals surface area contributed by atoms with Crippen molar-refractivity contribution in [2.75, 3.05) is 13.2 Å². The van der Waals surface area contributed by atoms with Gasteiger partial charge in [-0.25, -0.2) is 0 Å². The molecular weight excluding hydrogens is 276 g/mol. The summed E-state index contributed by atoms with van der Waals surface area (Å²) >= 11 is 0. The van der Waals surface area contributed by atoms with Gasteiger partial charge in [0.15, 0.2) is 0 Å². The number of unbranched alkanes of at least 4 members (excludes halogenated alkanes) is 7. The van der Waals surface area contributed by atoms with Crippen molar-refractivity contribution in [2.24, 2.45) is 0 Å². The Balaban J connectivity index is -0.000000297. The average Bonchev–Trinajstić information content (AvgIpc) is 2.31. The van der Waals surface area contributed by atoms with Crippen molar-refractivity contribution in [1.82, 2.24) is 0 Å². The van der Waals surface area contributed by atoms with E-state index in [0.717, 1.165) is 25.7 Å². The van der Waals surface area contributed by atoms with Crippen LogP contribution in [0.2, 0.25) is 0 Å². The van der Waals surface area contributed by atoms with E-state index in [1.807, 2.05) is 0 Å². The summed E-state index contributed by atoms with van der Waals surface area (Å²) in [5.41, 5.74) is 0. The second kappa shape index (κ2) is 22.5. The van der Waals surface area contributed by atoms with E-state index in [2.05, 4.69) is 0 Å². The number of hydrogen-bond acceptors (Lipinski definition) is 6. The molecule has 0 aliphatic heterocycles. The summed E-state index contributed by atoms with van der Waals surface area (Å²) in [6.07, 6.45) is 9.30. The summed E-state index contributed by atoms with van der Waals surface area (Å²) in [4.78, 5) is 16.7. The molecule has 0 heterocycles. The van der Waals surface area contributed by atoms with Crippen LogP contribution in [0.4, 0.5) is 0 Å². The number of nitrogens with zero attached hydrogens (tertiary/aromatic N) is 2. The fourth-order valence-electron chi connectivity index (χ4n) is 1.28. The highest BCUT2D eigenvalue weighted by molar-refractivity contribution is 4.45. The lowest BCUT2D eigenvalue weighted by atomic mass is 10.1. The first-order valence-corrected chi connectivity index (χ1v) is 6.26. The number of aliphatic hydroxyl groups excluding tert-OH is 2. The Morgan fingerprint density at radius 1 is 0.600 bits per heavy atom. The first-order chi connectivity index (χ1) is 9.38. The van der Waals surface area contributed by atoms with Crippen molar-refractivity contribution < 1.29 is 30.8 Å². The lowest BCUT2D eigenvalue weighted by Gasteiger charge is -1.99. The topological polar surface area (TPSA) is 167 Å². The molecule has 10 nitrogen and oxygen atoms in total. The Morgan fingerprint density at radius 3 is 0.900 bits per heavy atom. The number of rotatable bonds is 9. The molecule has 0 bridgehead atoms. The molecule has 0 aliphatic rings. The fourth-order valence-corrected chi connectivity index (χ4v) is 1.28. The minimum Gasteiger partial charge on any atom is -0.396 e. The summed E-state index contributed by atoms with van der Waals surface area (Å²) in [5.74, 6) is 0. The van der Waals surface area contributed by atoms with Crippen LogP contribution >= 0.6 is 0 Å². The van der Waals surface area contributed by atoms with Crippen molar-refractivity contribution in [3.05, 3.63) is 20.2 Å². The zero-order valence-corrected chi connectivity index (χ0v) is 11.4. The van der Waals surface area contributed by atoms with E-state index < -0.39 is 10.2 Å². The van der Waals surface area contributed by atoms with E-state index in [0.29, 0.717) is 13.2 Å².